The van der Waals surface area contributed by atoms with Gasteiger partial charge in [-0.05, 0) is 120 Å². The Labute approximate surface area is 343 Å². The minimum absolute atomic E-state index is 0.00258. The van der Waals surface area contributed by atoms with Gasteiger partial charge in [-0.2, -0.15) is 0 Å². The molecule has 4 aliphatic carbocycles. The third-order valence-corrected chi connectivity index (χ3v) is 13.3. The highest BCUT2D eigenvalue weighted by molar-refractivity contribution is 5.72. The lowest BCUT2D eigenvalue weighted by molar-refractivity contribution is -0.151. The smallest absolute Gasteiger partial charge is 0.309 e. The predicted molar refractivity (Wildman–Crippen MR) is 206 cm³/mol. The lowest BCUT2D eigenvalue weighted by Gasteiger charge is -2.21. The predicted octanol–water partition coefficient (Wildman–Crippen LogP) is 5.03. The summed E-state index contributed by atoms with van der Waals surface area (Å²) in [5.41, 5.74) is 0. The van der Waals surface area contributed by atoms with Crippen molar-refractivity contribution in [3.63, 3.8) is 0 Å². The maximum absolute atomic E-state index is 12.0. The first-order valence-corrected chi connectivity index (χ1v) is 22.9. The number of hydrogen-bond acceptors (Lipinski definition) is 14. The molecule has 10 fully saturated rings. The van der Waals surface area contributed by atoms with Crippen LogP contribution in [0, 0.1) is 23.7 Å². The molecule has 0 aromatic carbocycles. The van der Waals surface area contributed by atoms with Crippen LogP contribution in [0.2, 0.25) is 0 Å². The Balaban J connectivity index is 0.000000128. The van der Waals surface area contributed by atoms with E-state index in [4.69, 9.17) is 52.1 Å². The third kappa shape index (κ3) is 14.9. The van der Waals surface area contributed by atoms with Gasteiger partial charge < -0.3 is 52.1 Å². The van der Waals surface area contributed by atoms with Crippen LogP contribution in [0.15, 0.2) is 0 Å². The Morgan fingerprint density at radius 3 is 1.22 bits per heavy atom. The van der Waals surface area contributed by atoms with E-state index in [1.165, 1.54) is 0 Å². The Bertz CT molecular complexity index is 1260. The van der Waals surface area contributed by atoms with E-state index in [9.17, 15) is 14.4 Å². The van der Waals surface area contributed by atoms with E-state index in [0.29, 0.717) is 124 Å². The number of hydrogen-bond donors (Lipinski definition) is 0. The molecule has 14 heteroatoms. The molecule has 10 rings (SSSR count). The first-order valence-electron chi connectivity index (χ1n) is 22.9. The third-order valence-electron chi connectivity index (χ3n) is 13.3. The highest BCUT2D eigenvalue weighted by atomic mass is 16.6. The Morgan fingerprint density at radius 1 is 0.431 bits per heavy atom. The normalized spacial score (nSPS) is 38.9. The number of carbonyl (C=O) groups excluding carboxylic acids is 3. The Hall–Kier alpha value is -1.91. The summed E-state index contributed by atoms with van der Waals surface area (Å²) in [5, 5.41) is 0. The summed E-state index contributed by atoms with van der Waals surface area (Å²) in [6, 6.07) is 0. The molecule has 10 aliphatic rings. The number of esters is 3. The van der Waals surface area contributed by atoms with Crippen LogP contribution in [0.25, 0.3) is 0 Å². The summed E-state index contributed by atoms with van der Waals surface area (Å²) in [7, 11) is 0. The molecule has 0 amide bonds. The molecular weight excluding hydrogens is 752 g/mol. The van der Waals surface area contributed by atoms with E-state index in [0.717, 1.165) is 130 Å². The van der Waals surface area contributed by atoms with Crippen LogP contribution in [0.3, 0.4) is 0 Å². The van der Waals surface area contributed by atoms with E-state index >= 15 is 0 Å². The summed E-state index contributed by atoms with van der Waals surface area (Å²) in [6.07, 6.45) is 21.3. The number of fused-ring (bicyclic) bond motifs is 4. The van der Waals surface area contributed by atoms with Crippen LogP contribution in [0.1, 0.15) is 116 Å². The van der Waals surface area contributed by atoms with Gasteiger partial charge in [0.25, 0.3) is 0 Å². The number of carbonyl (C=O) groups is 3. The molecule has 328 valence electrons. The van der Waals surface area contributed by atoms with Gasteiger partial charge in [-0.25, -0.2) is 0 Å². The Morgan fingerprint density at radius 2 is 0.828 bits per heavy atom. The summed E-state index contributed by atoms with van der Waals surface area (Å²) in [6.45, 7) is 6.55. The second-order valence-corrected chi connectivity index (χ2v) is 18.4. The van der Waals surface area contributed by atoms with Crippen molar-refractivity contribution >= 4 is 17.9 Å². The van der Waals surface area contributed by atoms with Gasteiger partial charge in [0.1, 0.15) is 12.2 Å². The van der Waals surface area contributed by atoms with Crippen LogP contribution in [-0.2, 0) is 66.5 Å². The molecule has 0 bridgehead atoms. The number of epoxide rings is 6. The van der Waals surface area contributed by atoms with Crippen molar-refractivity contribution in [1.82, 2.24) is 0 Å². The van der Waals surface area contributed by atoms with Crippen LogP contribution >= 0.6 is 0 Å². The summed E-state index contributed by atoms with van der Waals surface area (Å²) in [4.78, 5) is 35.6. The molecule has 58 heavy (non-hydrogen) atoms. The minimum atomic E-state index is -0.154. The van der Waals surface area contributed by atoms with Gasteiger partial charge in [0.2, 0.25) is 0 Å². The lowest BCUT2D eigenvalue weighted by atomic mass is 9.89. The van der Waals surface area contributed by atoms with Crippen molar-refractivity contribution in [2.24, 2.45) is 23.7 Å². The maximum atomic E-state index is 12.0. The van der Waals surface area contributed by atoms with Crippen molar-refractivity contribution < 1.29 is 66.5 Å². The molecule has 0 N–H and O–H groups in total. The molecule has 0 spiro atoms. The van der Waals surface area contributed by atoms with E-state index in [1.807, 2.05) is 0 Å². The molecule has 14 nitrogen and oxygen atoms in total. The first-order chi connectivity index (χ1) is 28.4. The van der Waals surface area contributed by atoms with Crippen molar-refractivity contribution in [2.45, 2.75) is 177 Å². The van der Waals surface area contributed by atoms with E-state index < -0.39 is 0 Å². The zero-order valence-electron chi connectivity index (χ0n) is 34.4. The van der Waals surface area contributed by atoms with Gasteiger partial charge in [-0.3, -0.25) is 14.4 Å². The average Bonchev–Trinajstić information content (AvgIpc) is 4.02. The maximum Gasteiger partial charge on any atom is 0.309 e. The highest BCUT2D eigenvalue weighted by Crippen LogP contribution is 2.42. The van der Waals surface area contributed by atoms with Crippen LogP contribution in [0.5, 0.6) is 0 Å². The topological polar surface area (TPSA) is 173 Å². The van der Waals surface area contributed by atoms with Crippen molar-refractivity contribution in [1.29, 1.82) is 0 Å². The fourth-order valence-electron chi connectivity index (χ4n) is 9.12. The van der Waals surface area contributed by atoms with Gasteiger partial charge in [-0.15, -0.1) is 0 Å². The molecule has 4 saturated carbocycles. The highest BCUT2D eigenvalue weighted by Gasteiger charge is 2.48. The van der Waals surface area contributed by atoms with Crippen LogP contribution < -0.4 is 0 Å². The summed E-state index contributed by atoms with van der Waals surface area (Å²) in [5.74, 6) is 1.20. The minimum Gasteiger partial charge on any atom is -0.465 e. The summed E-state index contributed by atoms with van der Waals surface area (Å²) < 4.78 is 59.0. The van der Waals surface area contributed by atoms with E-state index in [-0.39, 0.29) is 23.8 Å². The zero-order valence-corrected chi connectivity index (χ0v) is 34.4. The largest absolute Gasteiger partial charge is 0.465 e. The zero-order chi connectivity index (χ0) is 39.7. The molecule has 14 atom stereocenters. The molecule has 6 saturated heterocycles. The SMILES string of the molecule is C(CCOCC1CO1)COCC1CO1.O=C(CCCCC(=O)OCC1CCC2OC2C1)OCC1CCC2OC2C1.O=C(OCC1CCC2OC2C1)C1CCC2OC2C1. The Kier molecular flexibility index (Phi) is 15.7. The first kappa shape index (κ1) is 42.8. The second-order valence-electron chi connectivity index (χ2n) is 18.4. The van der Waals surface area contributed by atoms with Crippen LogP contribution in [-0.4, -0.2) is 138 Å². The molecule has 6 heterocycles. The van der Waals surface area contributed by atoms with Crippen molar-refractivity contribution in [3.05, 3.63) is 0 Å². The number of unbranched alkanes of at least 4 members (excludes halogenated alkanes) is 2. The van der Waals surface area contributed by atoms with Gasteiger partial charge in [-0.1, -0.05) is 0 Å². The second kappa shape index (κ2) is 21.3. The number of rotatable bonds is 21. The standard InChI is InChI=1S/C20H30O6.C14H20O4.C10H18O4/c21-19(23-11-13-5-7-15-17(9-13)25-15)3-1-2-4-20(22)24-12-14-6-8-16-18(10-14)26-16;15-14(9-2-4-11-13(6-9)18-11)16-7-8-1-3-10-12(5-8)17-10;1(3-11-5-9-7-13-9)2-4-12-6-10-8-14-10/h13-18H,1-12H2;8-13H,1-7H2;9-10H,1-8H2. The fourth-order valence-corrected chi connectivity index (χ4v) is 9.12. The van der Waals surface area contributed by atoms with Crippen LogP contribution in [0.4, 0.5) is 0 Å². The molecule has 0 radical (unpaired) electrons. The molecule has 14 unspecified atom stereocenters. The van der Waals surface area contributed by atoms with Crippen molar-refractivity contribution in [3.8, 4) is 0 Å². The molecule has 6 aliphatic heterocycles. The van der Waals surface area contributed by atoms with E-state index in [2.05, 4.69) is 0 Å². The average molecular weight is 821 g/mol. The quantitative estimate of drug-likeness (QED) is 0.0653. The van der Waals surface area contributed by atoms with Gasteiger partial charge >= 0.3 is 17.9 Å². The van der Waals surface area contributed by atoms with Gasteiger partial charge in [0.05, 0.1) is 101 Å². The van der Waals surface area contributed by atoms with E-state index in [1.54, 1.807) is 0 Å². The monoisotopic (exact) mass is 820 g/mol. The summed E-state index contributed by atoms with van der Waals surface area (Å²) >= 11 is 0. The van der Waals surface area contributed by atoms with Gasteiger partial charge in [0.15, 0.2) is 0 Å². The van der Waals surface area contributed by atoms with Gasteiger partial charge in [0, 0.05) is 26.1 Å². The molecule has 0 aromatic rings. The lowest BCUT2D eigenvalue weighted by Crippen LogP contribution is -2.27. The fraction of sp³-hybridized carbons (Fsp3) is 0.932. The van der Waals surface area contributed by atoms with Crippen molar-refractivity contribution in [2.75, 3.05) is 59.5 Å². The molecule has 0 aromatic heterocycles. The molecular formula is C44H68O14. The number of ether oxygens (including phenoxy) is 11.